The molecule has 0 aliphatic carbocycles. The molecule has 0 aromatic carbocycles. The number of carbonyl (C=O) groups excluding carboxylic acids is 2. The summed E-state index contributed by atoms with van der Waals surface area (Å²) >= 11 is 0. The first-order valence-electron chi connectivity index (χ1n) is 18.9. The quantitative estimate of drug-likeness (QED) is 0.0220. The number of ether oxygens (including phenoxy) is 2. The molecule has 0 aliphatic rings. The Morgan fingerprint density at radius 1 is 0.615 bits per heavy atom. The number of phosphoric ester groups is 1. The van der Waals surface area contributed by atoms with E-state index in [9.17, 15) is 19.0 Å². The molecule has 0 saturated heterocycles. The maximum absolute atomic E-state index is 12.5. The number of quaternary nitrogens is 1. The maximum atomic E-state index is 12.5. The highest BCUT2D eigenvalue weighted by molar-refractivity contribution is 7.45. The van der Waals surface area contributed by atoms with Crippen molar-refractivity contribution in [2.45, 2.75) is 110 Å². The lowest BCUT2D eigenvalue weighted by atomic mass is 10.1. The fourth-order valence-corrected chi connectivity index (χ4v) is 4.94. The third-order valence-electron chi connectivity index (χ3n) is 7.13. The van der Waals surface area contributed by atoms with Gasteiger partial charge in [0, 0.05) is 6.42 Å². The van der Waals surface area contributed by atoms with Crippen molar-refractivity contribution < 1.29 is 42.1 Å². The van der Waals surface area contributed by atoms with Gasteiger partial charge in [0.05, 0.1) is 34.2 Å². The molecule has 0 fully saturated rings. The average molecular weight is 746 g/mol. The van der Waals surface area contributed by atoms with Crippen LogP contribution >= 0.6 is 7.82 Å². The van der Waals surface area contributed by atoms with Gasteiger partial charge in [-0.1, -0.05) is 117 Å². The SMILES string of the molecule is CC/C=C\C/C=C\C/C=C\C/C=C\C/C=C\CC(=O)OC(COC(=O)CCCCC/C=C\C/C=C\C/C=C\CC)COP(=O)([O-])OCC[N+](C)(C)C. The number of rotatable bonds is 32. The molecule has 9 nitrogen and oxygen atoms in total. The molecule has 2 atom stereocenters. The van der Waals surface area contributed by atoms with E-state index in [4.69, 9.17) is 18.5 Å². The first-order chi connectivity index (χ1) is 25.0. The summed E-state index contributed by atoms with van der Waals surface area (Å²) in [5.74, 6) is -1.03. The molecule has 0 bridgehead atoms. The van der Waals surface area contributed by atoms with E-state index < -0.39 is 32.5 Å². The van der Waals surface area contributed by atoms with Gasteiger partial charge in [0.1, 0.15) is 19.8 Å². The fourth-order valence-electron chi connectivity index (χ4n) is 4.21. The van der Waals surface area contributed by atoms with Crippen LogP contribution in [0.4, 0.5) is 0 Å². The molecule has 52 heavy (non-hydrogen) atoms. The molecular weight excluding hydrogens is 677 g/mol. The topological polar surface area (TPSA) is 111 Å². The Kier molecular flexibility index (Phi) is 31.8. The van der Waals surface area contributed by atoms with Gasteiger partial charge in [0.25, 0.3) is 7.82 Å². The molecule has 0 rings (SSSR count). The third-order valence-corrected chi connectivity index (χ3v) is 8.10. The molecule has 0 amide bonds. The van der Waals surface area contributed by atoms with Crippen LogP contribution in [-0.2, 0) is 32.7 Å². The summed E-state index contributed by atoms with van der Waals surface area (Å²) in [4.78, 5) is 37.3. The summed E-state index contributed by atoms with van der Waals surface area (Å²) < 4.78 is 33.6. The van der Waals surface area contributed by atoms with Gasteiger partial charge in [-0.25, -0.2) is 0 Å². The monoisotopic (exact) mass is 745 g/mol. The number of likely N-dealkylation sites (N-methyl/N-ethyl adjacent to an activating group) is 1. The number of hydrogen-bond acceptors (Lipinski definition) is 8. The summed E-state index contributed by atoms with van der Waals surface area (Å²) in [6, 6.07) is 0. The first kappa shape index (κ1) is 48.9. The number of phosphoric acid groups is 1. The van der Waals surface area contributed by atoms with Crippen LogP contribution < -0.4 is 4.89 Å². The Bertz CT molecular complexity index is 1210. The van der Waals surface area contributed by atoms with Crippen molar-refractivity contribution in [1.29, 1.82) is 0 Å². The lowest BCUT2D eigenvalue weighted by Gasteiger charge is -2.28. The Morgan fingerprint density at radius 2 is 1.10 bits per heavy atom. The minimum Gasteiger partial charge on any atom is -0.756 e. The predicted octanol–water partition coefficient (Wildman–Crippen LogP) is 9.60. The van der Waals surface area contributed by atoms with Gasteiger partial charge in [-0.05, 0) is 70.6 Å². The number of allylic oxidation sites excluding steroid dienone is 15. The number of hydrogen-bond donors (Lipinski definition) is 0. The lowest BCUT2D eigenvalue weighted by molar-refractivity contribution is -0.870. The zero-order chi connectivity index (χ0) is 38.6. The summed E-state index contributed by atoms with van der Waals surface area (Å²) in [6.07, 6.45) is 43.3. The highest BCUT2D eigenvalue weighted by Gasteiger charge is 2.21. The van der Waals surface area contributed by atoms with Crippen LogP contribution in [0.2, 0.25) is 0 Å². The second-order valence-corrected chi connectivity index (χ2v) is 14.6. The second kappa shape index (κ2) is 33.7. The molecule has 0 N–H and O–H groups in total. The molecular formula is C42H68NO8P. The Balaban J connectivity index is 4.67. The van der Waals surface area contributed by atoms with E-state index in [1.165, 1.54) is 0 Å². The molecule has 0 heterocycles. The van der Waals surface area contributed by atoms with E-state index in [0.717, 1.165) is 64.2 Å². The van der Waals surface area contributed by atoms with Crippen LogP contribution in [0, 0.1) is 0 Å². The van der Waals surface area contributed by atoms with Crippen LogP contribution in [0.1, 0.15) is 104 Å². The van der Waals surface area contributed by atoms with Crippen molar-refractivity contribution >= 4 is 19.8 Å². The summed E-state index contributed by atoms with van der Waals surface area (Å²) in [5, 5.41) is 0. The summed E-state index contributed by atoms with van der Waals surface area (Å²) in [6.45, 7) is 3.79. The largest absolute Gasteiger partial charge is 0.756 e. The lowest BCUT2D eigenvalue weighted by Crippen LogP contribution is -2.37. The first-order valence-corrected chi connectivity index (χ1v) is 20.4. The van der Waals surface area contributed by atoms with E-state index in [2.05, 4.69) is 92.8 Å². The smallest absolute Gasteiger partial charge is 0.310 e. The van der Waals surface area contributed by atoms with Gasteiger partial charge >= 0.3 is 11.9 Å². The van der Waals surface area contributed by atoms with Crippen molar-refractivity contribution in [3.05, 3.63) is 97.2 Å². The van der Waals surface area contributed by atoms with Gasteiger partial charge in [-0.2, -0.15) is 0 Å². The van der Waals surface area contributed by atoms with E-state index in [1.807, 2.05) is 33.3 Å². The van der Waals surface area contributed by atoms with Gasteiger partial charge in [-0.15, -0.1) is 0 Å². The molecule has 2 unspecified atom stereocenters. The molecule has 0 spiro atoms. The Labute approximate surface area is 315 Å². The van der Waals surface area contributed by atoms with E-state index in [1.54, 1.807) is 6.08 Å². The Hall–Kier alpha value is -3.07. The predicted molar refractivity (Wildman–Crippen MR) is 212 cm³/mol. The summed E-state index contributed by atoms with van der Waals surface area (Å²) in [5.41, 5.74) is 0. The van der Waals surface area contributed by atoms with Gasteiger partial charge < -0.3 is 27.9 Å². The van der Waals surface area contributed by atoms with Crippen molar-refractivity contribution in [2.75, 3.05) is 47.5 Å². The number of nitrogens with zero attached hydrogens (tertiary/aromatic N) is 1. The molecule has 0 aromatic heterocycles. The highest BCUT2D eigenvalue weighted by Crippen LogP contribution is 2.38. The number of esters is 2. The number of carbonyl (C=O) groups is 2. The molecule has 0 saturated carbocycles. The molecule has 0 aliphatic heterocycles. The number of unbranched alkanes of at least 4 members (excludes halogenated alkanes) is 3. The highest BCUT2D eigenvalue weighted by atomic mass is 31.2. The minimum absolute atomic E-state index is 0.0198. The van der Waals surface area contributed by atoms with E-state index in [0.29, 0.717) is 23.9 Å². The van der Waals surface area contributed by atoms with Gasteiger partial charge in [0.2, 0.25) is 0 Å². The standard InChI is InChI=1S/C42H68NO8P/c1-6-8-10-12-14-16-18-20-21-23-25-27-29-31-33-35-42(45)51-40(39-50-52(46,47)49-37-36-43(3,4)5)38-48-41(44)34-32-30-28-26-24-22-19-17-15-13-11-9-7-2/h8-11,14-17,20-22,24-25,27,31,33,40H,6-7,12-13,18-19,23,26,28-30,32,34-39H2,1-5H3/b10-8-,11-9-,16-14-,17-15-,21-20-,24-22-,27-25-,33-31-. The molecule has 10 heteroatoms. The van der Waals surface area contributed by atoms with Crippen molar-refractivity contribution in [1.82, 2.24) is 0 Å². The van der Waals surface area contributed by atoms with Crippen molar-refractivity contribution in [2.24, 2.45) is 0 Å². The normalized spacial score (nSPS) is 14.8. The average Bonchev–Trinajstić information content (AvgIpc) is 3.09. The van der Waals surface area contributed by atoms with Gasteiger partial charge in [-0.3, -0.25) is 14.2 Å². The molecule has 0 radical (unpaired) electrons. The van der Waals surface area contributed by atoms with Crippen molar-refractivity contribution in [3.63, 3.8) is 0 Å². The zero-order valence-electron chi connectivity index (χ0n) is 32.7. The molecule has 294 valence electrons. The molecule has 0 aromatic rings. The third kappa shape index (κ3) is 36.7. The van der Waals surface area contributed by atoms with E-state index >= 15 is 0 Å². The van der Waals surface area contributed by atoms with Crippen LogP contribution in [0.3, 0.4) is 0 Å². The fraction of sp³-hybridized carbons (Fsp3) is 0.571. The summed E-state index contributed by atoms with van der Waals surface area (Å²) in [7, 11) is 1.07. The van der Waals surface area contributed by atoms with E-state index in [-0.39, 0.29) is 26.1 Å². The van der Waals surface area contributed by atoms with Crippen LogP contribution in [0.15, 0.2) is 97.2 Å². The second-order valence-electron chi connectivity index (χ2n) is 13.2. The van der Waals surface area contributed by atoms with Crippen LogP contribution in [0.5, 0.6) is 0 Å². The van der Waals surface area contributed by atoms with Gasteiger partial charge in [0.15, 0.2) is 6.10 Å². The van der Waals surface area contributed by atoms with Crippen molar-refractivity contribution in [3.8, 4) is 0 Å². The Morgan fingerprint density at radius 3 is 1.60 bits per heavy atom. The maximum Gasteiger partial charge on any atom is 0.310 e. The minimum atomic E-state index is -4.66. The van der Waals surface area contributed by atoms with Crippen LogP contribution in [0.25, 0.3) is 0 Å². The zero-order valence-corrected chi connectivity index (χ0v) is 33.6. The van der Waals surface area contributed by atoms with Crippen LogP contribution in [-0.4, -0.2) is 70.0 Å².